The van der Waals surface area contributed by atoms with Crippen LogP contribution in [0.3, 0.4) is 0 Å². The number of nitrogens with one attached hydrogen (secondary N) is 4. The van der Waals surface area contributed by atoms with Gasteiger partial charge in [-0.2, -0.15) is 5.10 Å². The summed E-state index contributed by atoms with van der Waals surface area (Å²) in [5.74, 6) is 0.555. The maximum Gasteiger partial charge on any atom is 0.324 e. The molecule has 8 nitrogen and oxygen atoms in total. The van der Waals surface area contributed by atoms with E-state index in [0.717, 1.165) is 50.0 Å². The molecule has 2 atom stereocenters. The second kappa shape index (κ2) is 6.38. The standard InChI is InChI=1S/C19H22N6O2/c26-18-11-4-1-5-13(17(11)15-7-3-9-25(15)18)21-19(27)22-16-10-14(23-24-16)12-6-2-8-20-12/h1,4-5,10,12,15,20H,2-3,6-9H2,(H3,21,22,23,24,27)/t12-,15+/m0/s1. The monoisotopic (exact) mass is 366 g/mol. The van der Waals surface area contributed by atoms with Crippen LogP contribution in [0.15, 0.2) is 24.3 Å². The van der Waals surface area contributed by atoms with Gasteiger partial charge in [0.05, 0.1) is 11.7 Å². The highest BCUT2D eigenvalue weighted by molar-refractivity contribution is 6.05. The Labute approximate surface area is 156 Å². The van der Waals surface area contributed by atoms with Crippen LogP contribution in [0.5, 0.6) is 0 Å². The number of aromatic nitrogens is 2. The van der Waals surface area contributed by atoms with Gasteiger partial charge in [0.25, 0.3) is 5.91 Å². The van der Waals surface area contributed by atoms with Crippen LogP contribution in [0.2, 0.25) is 0 Å². The molecule has 2 saturated heterocycles. The van der Waals surface area contributed by atoms with Gasteiger partial charge < -0.3 is 15.5 Å². The van der Waals surface area contributed by atoms with E-state index in [-0.39, 0.29) is 24.0 Å². The third kappa shape index (κ3) is 2.76. The van der Waals surface area contributed by atoms with E-state index in [1.165, 1.54) is 0 Å². The molecule has 1 aromatic carbocycles. The van der Waals surface area contributed by atoms with E-state index in [1.54, 1.807) is 0 Å². The molecule has 0 radical (unpaired) electrons. The predicted molar refractivity (Wildman–Crippen MR) is 101 cm³/mol. The number of H-pyrrole nitrogens is 1. The van der Waals surface area contributed by atoms with Crippen molar-refractivity contribution in [2.75, 3.05) is 23.7 Å². The van der Waals surface area contributed by atoms with Crippen LogP contribution < -0.4 is 16.0 Å². The van der Waals surface area contributed by atoms with E-state index in [1.807, 2.05) is 29.2 Å². The highest BCUT2D eigenvalue weighted by Crippen LogP contribution is 2.44. The van der Waals surface area contributed by atoms with E-state index in [0.29, 0.717) is 17.1 Å². The molecular weight excluding hydrogens is 344 g/mol. The number of hydrogen-bond acceptors (Lipinski definition) is 4. The minimum Gasteiger partial charge on any atom is -0.331 e. The van der Waals surface area contributed by atoms with Crippen molar-refractivity contribution >= 4 is 23.4 Å². The molecule has 27 heavy (non-hydrogen) atoms. The molecule has 0 aliphatic carbocycles. The fourth-order valence-electron chi connectivity index (χ4n) is 4.48. The number of carbonyl (C=O) groups is 2. The number of anilines is 2. The van der Waals surface area contributed by atoms with Crippen molar-refractivity contribution < 1.29 is 9.59 Å². The van der Waals surface area contributed by atoms with Crippen molar-refractivity contribution in [1.29, 1.82) is 0 Å². The molecule has 4 N–H and O–H groups in total. The average molecular weight is 366 g/mol. The first-order valence-electron chi connectivity index (χ1n) is 9.51. The minimum absolute atomic E-state index is 0.0672. The lowest BCUT2D eigenvalue weighted by atomic mass is 10.0. The van der Waals surface area contributed by atoms with Crippen molar-refractivity contribution in [3.63, 3.8) is 0 Å². The molecular formula is C19H22N6O2. The van der Waals surface area contributed by atoms with E-state index in [2.05, 4.69) is 26.1 Å². The molecule has 8 heteroatoms. The molecule has 0 unspecified atom stereocenters. The first kappa shape index (κ1) is 16.3. The molecule has 0 bridgehead atoms. The lowest BCUT2D eigenvalue weighted by molar-refractivity contribution is 0.0776. The Morgan fingerprint density at radius 3 is 3.00 bits per heavy atom. The van der Waals surface area contributed by atoms with Gasteiger partial charge >= 0.3 is 6.03 Å². The first-order chi connectivity index (χ1) is 13.2. The predicted octanol–water partition coefficient (Wildman–Crippen LogP) is 2.77. The number of amides is 3. The summed E-state index contributed by atoms with van der Waals surface area (Å²) < 4.78 is 0. The molecule has 1 aromatic heterocycles. The van der Waals surface area contributed by atoms with E-state index >= 15 is 0 Å². The van der Waals surface area contributed by atoms with Crippen LogP contribution >= 0.6 is 0 Å². The number of carbonyl (C=O) groups excluding carboxylic acids is 2. The van der Waals surface area contributed by atoms with Crippen LogP contribution in [-0.4, -0.2) is 40.1 Å². The third-order valence-electron chi connectivity index (χ3n) is 5.71. The number of nitrogens with zero attached hydrogens (tertiary/aromatic N) is 2. The summed E-state index contributed by atoms with van der Waals surface area (Å²) in [4.78, 5) is 26.9. The van der Waals surface area contributed by atoms with Crippen molar-refractivity contribution in [3.05, 3.63) is 41.1 Å². The summed E-state index contributed by atoms with van der Waals surface area (Å²) in [6, 6.07) is 7.36. The van der Waals surface area contributed by atoms with Gasteiger partial charge in [0.2, 0.25) is 0 Å². The number of aromatic amines is 1. The van der Waals surface area contributed by atoms with E-state index in [4.69, 9.17) is 0 Å². The summed E-state index contributed by atoms with van der Waals surface area (Å²) in [6.45, 7) is 1.79. The van der Waals surface area contributed by atoms with Crippen molar-refractivity contribution in [2.24, 2.45) is 0 Å². The average Bonchev–Trinajstić information content (AvgIpc) is 3.42. The SMILES string of the molecule is O=C(Nc1cc([C@@H]2CCCN2)[nH]n1)Nc1cccc2c1[C@H]1CCCN1C2=O. The maximum absolute atomic E-state index is 12.5. The number of fused-ring (bicyclic) bond motifs is 3. The molecule has 2 fully saturated rings. The quantitative estimate of drug-likeness (QED) is 0.671. The maximum atomic E-state index is 12.5. The molecule has 4 heterocycles. The lowest BCUT2D eigenvalue weighted by Gasteiger charge is -2.17. The van der Waals surface area contributed by atoms with Crippen LogP contribution in [0.25, 0.3) is 0 Å². The van der Waals surface area contributed by atoms with Gasteiger partial charge in [0.15, 0.2) is 5.82 Å². The normalized spacial score (nSPS) is 23.4. The molecule has 3 amide bonds. The Bertz CT molecular complexity index is 901. The summed E-state index contributed by atoms with van der Waals surface area (Å²) >= 11 is 0. The van der Waals surface area contributed by atoms with Crippen molar-refractivity contribution in [1.82, 2.24) is 20.4 Å². The largest absolute Gasteiger partial charge is 0.331 e. The summed E-state index contributed by atoms with van der Waals surface area (Å²) in [7, 11) is 0. The van der Waals surface area contributed by atoms with Gasteiger partial charge in [-0.25, -0.2) is 4.79 Å². The molecule has 0 saturated carbocycles. The van der Waals surface area contributed by atoms with Crippen LogP contribution in [0, 0.1) is 0 Å². The van der Waals surface area contributed by atoms with Gasteiger partial charge in [-0.15, -0.1) is 0 Å². The topological polar surface area (TPSA) is 102 Å². The fraction of sp³-hybridized carbons (Fsp3) is 0.421. The summed E-state index contributed by atoms with van der Waals surface area (Å²) in [5.41, 5.74) is 3.32. The number of urea groups is 1. The van der Waals surface area contributed by atoms with Crippen LogP contribution in [0.1, 0.15) is 59.4 Å². The second-order valence-corrected chi connectivity index (χ2v) is 7.36. The van der Waals surface area contributed by atoms with Crippen LogP contribution in [0.4, 0.5) is 16.3 Å². The van der Waals surface area contributed by atoms with Gasteiger partial charge in [-0.3, -0.25) is 15.2 Å². The Morgan fingerprint density at radius 2 is 2.15 bits per heavy atom. The zero-order chi connectivity index (χ0) is 18.4. The molecule has 0 spiro atoms. The van der Waals surface area contributed by atoms with Gasteiger partial charge in [0.1, 0.15) is 0 Å². The van der Waals surface area contributed by atoms with Gasteiger partial charge in [0, 0.05) is 35.5 Å². The van der Waals surface area contributed by atoms with Crippen molar-refractivity contribution in [3.8, 4) is 0 Å². The van der Waals surface area contributed by atoms with Gasteiger partial charge in [-0.05, 0) is 44.4 Å². The zero-order valence-electron chi connectivity index (χ0n) is 14.9. The Kier molecular flexibility index (Phi) is 3.86. The summed E-state index contributed by atoms with van der Waals surface area (Å²) in [5, 5.41) is 16.2. The van der Waals surface area contributed by atoms with E-state index in [9.17, 15) is 9.59 Å². The lowest BCUT2D eigenvalue weighted by Crippen LogP contribution is -2.23. The number of benzene rings is 1. The Balaban J connectivity index is 1.32. The molecule has 2 aromatic rings. The molecule has 5 rings (SSSR count). The highest BCUT2D eigenvalue weighted by Gasteiger charge is 2.41. The second-order valence-electron chi connectivity index (χ2n) is 7.36. The van der Waals surface area contributed by atoms with Gasteiger partial charge in [-0.1, -0.05) is 6.07 Å². The smallest absolute Gasteiger partial charge is 0.324 e. The third-order valence-corrected chi connectivity index (χ3v) is 5.71. The molecule has 3 aliphatic heterocycles. The number of rotatable bonds is 3. The molecule has 3 aliphatic rings. The van der Waals surface area contributed by atoms with Crippen molar-refractivity contribution in [2.45, 2.75) is 37.8 Å². The fourth-order valence-corrected chi connectivity index (χ4v) is 4.48. The summed E-state index contributed by atoms with van der Waals surface area (Å²) in [6.07, 6.45) is 4.15. The minimum atomic E-state index is -0.357. The molecule has 140 valence electrons. The highest BCUT2D eigenvalue weighted by atomic mass is 16.2. The first-order valence-corrected chi connectivity index (χ1v) is 9.51. The Morgan fingerprint density at radius 1 is 1.22 bits per heavy atom. The van der Waals surface area contributed by atoms with Crippen LogP contribution in [-0.2, 0) is 0 Å². The van der Waals surface area contributed by atoms with E-state index < -0.39 is 0 Å². The number of hydrogen-bond donors (Lipinski definition) is 4. The zero-order valence-corrected chi connectivity index (χ0v) is 14.9. The Hall–Kier alpha value is -2.87.